The molecule has 1 N–H and O–H groups in total. The number of rotatable bonds is 4. The van der Waals surface area contributed by atoms with Crippen molar-refractivity contribution in [2.24, 2.45) is 0 Å². The second-order valence-electron chi connectivity index (χ2n) is 5.69. The van der Waals surface area contributed by atoms with Crippen LogP contribution >= 0.6 is 11.6 Å². The summed E-state index contributed by atoms with van der Waals surface area (Å²) in [7, 11) is 0. The van der Waals surface area contributed by atoms with Crippen molar-refractivity contribution in [3.63, 3.8) is 0 Å². The Labute approximate surface area is 131 Å². The molecule has 3 rings (SSSR count). The number of fused-ring (bicyclic) bond motifs is 1. The van der Waals surface area contributed by atoms with Gasteiger partial charge in [0.1, 0.15) is 0 Å². The second kappa shape index (κ2) is 6.63. The van der Waals surface area contributed by atoms with E-state index >= 15 is 0 Å². The molecule has 0 amide bonds. The van der Waals surface area contributed by atoms with Gasteiger partial charge >= 0.3 is 0 Å². The molecule has 0 radical (unpaired) electrons. The highest BCUT2D eigenvalue weighted by Crippen LogP contribution is 2.28. The summed E-state index contributed by atoms with van der Waals surface area (Å²) in [5, 5.41) is 9.01. The van der Waals surface area contributed by atoms with Crippen LogP contribution in [0.2, 0.25) is 5.02 Å². The number of nitrogens with zero attached hydrogens (tertiary/aromatic N) is 2. The number of hydrogen-bond acceptors (Lipinski definition) is 2. The Morgan fingerprint density at radius 3 is 2.86 bits per heavy atom. The molecule has 0 saturated heterocycles. The van der Waals surface area contributed by atoms with Crippen molar-refractivity contribution in [2.75, 3.05) is 6.54 Å². The predicted octanol–water partition coefficient (Wildman–Crippen LogP) is 3.96. The van der Waals surface area contributed by atoms with Gasteiger partial charge in [0.15, 0.2) is 0 Å². The third kappa shape index (κ3) is 3.30. The first-order valence-electron chi connectivity index (χ1n) is 7.80. The van der Waals surface area contributed by atoms with E-state index in [0.29, 0.717) is 6.04 Å². The van der Waals surface area contributed by atoms with Gasteiger partial charge in [0.25, 0.3) is 0 Å². The number of benzene rings is 1. The van der Waals surface area contributed by atoms with E-state index in [0.717, 1.165) is 24.5 Å². The minimum absolute atomic E-state index is 0.464. The summed E-state index contributed by atoms with van der Waals surface area (Å²) in [6, 6.07) is 8.51. The van der Waals surface area contributed by atoms with Crippen LogP contribution in [0.25, 0.3) is 0 Å². The van der Waals surface area contributed by atoms with Gasteiger partial charge in [-0.1, -0.05) is 37.1 Å². The average molecular weight is 304 g/mol. The van der Waals surface area contributed by atoms with Crippen LogP contribution in [-0.2, 0) is 13.0 Å². The second-order valence-corrected chi connectivity index (χ2v) is 6.12. The Hall–Kier alpha value is -1.32. The molecule has 21 heavy (non-hydrogen) atoms. The molecule has 0 fully saturated rings. The van der Waals surface area contributed by atoms with Gasteiger partial charge in [-0.05, 0) is 43.5 Å². The van der Waals surface area contributed by atoms with Crippen molar-refractivity contribution in [3.8, 4) is 0 Å². The van der Waals surface area contributed by atoms with Gasteiger partial charge in [-0.3, -0.25) is 4.68 Å². The van der Waals surface area contributed by atoms with Crippen molar-refractivity contribution in [1.29, 1.82) is 0 Å². The van der Waals surface area contributed by atoms with Crippen LogP contribution in [0.4, 0.5) is 0 Å². The molecule has 0 bridgehead atoms. The number of hydrogen-bond donors (Lipinski definition) is 1. The first kappa shape index (κ1) is 14.6. The number of nitrogens with one attached hydrogen (secondary N) is 1. The van der Waals surface area contributed by atoms with Crippen LogP contribution in [-0.4, -0.2) is 16.3 Å². The SMILES string of the molecule is CCNC1CCCCc2c1cnn2Cc1ccc(Cl)cc1. The van der Waals surface area contributed by atoms with E-state index in [-0.39, 0.29) is 0 Å². The van der Waals surface area contributed by atoms with Crippen LogP contribution in [0, 0.1) is 0 Å². The molecule has 0 spiro atoms. The summed E-state index contributed by atoms with van der Waals surface area (Å²) in [5.74, 6) is 0. The fraction of sp³-hybridized carbons (Fsp3) is 0.471. The topological polar surface area (TPSA) is 29.9 Å². The van der Waals surface area contributed by atoms with Crippen LogP contribution < -0.4 is 5.32 Å². The molecule has 2 aromatic rings. The van der Waals surface area contributed by atoms with Gasteiger partial charge in [0.05, 0.1) is 12.7 Å². The van der Waals surface area contributed by atoms with Crippen LogP contribution in [0.15, 0.2) is 30.5 Å². The number of aromatic nitrogens is 2. The lowest BCUT2D eigenvalue weighted by atomic mass is 10.1. The molecule has 0 aliphatic heterocycles. The van der Waals surface area contributed by atoms with Crippen molar-refractivity contribution in [1.82, 2.24) is 15.1 Å². The first-order valence-corrected chi connectivity index (χ1v) is 8.18. The molecule has 1 aromatic heterocycles. The monoisotopic (exact) mass is 303 g/mol. The van der Waals surface area contributed by atoms with Gasteiger partial charge in [-0.25, -0.2) is 0 Å². The van der Waals surface area contributed by atoms with Gasteiger partial charge in [-0.15, -0.1) is 0 Å². The molecule has 1 aromatic carbocycles. The zero-order valence-electron chi connectivity index (χ0n) is 12.5. The fourth-order valence-electron chi connectivity index (χ4n) is 3.14. The zero-order chi connectivity index (χ0) is 14.7. The van der Waals surface area contributed by atoms with Crippen LogP contribution in [0.3, 0.4) is 0 Å². The smallest absolute Gasteiger partial charge is 0.0662 e. The first-order chi connectivity index (χ1) is 10.3. The quantitative estimate of drug-likeness (QED) is 0.866. The molecule has 1 aliphatic carbocycles. The normalized spacial score (nSPS) is 18.3. The Morgan fingerprint density at radius 2 is 2.10 bits per heavy atom. The Kier molecular flexibility index (Phi) is 4.61. The van der Waals surface area contributed by atoms with Crippen LogP contribution in [0.1, 0.15) is 49.0 Å². The summed E-state index contributed by atoms with van der Waals surface area (Å²) in [5.41, 5.74) is 4.03. The molecular formula is C17H22ClN3. The van der Waals surface area contributed by atoms with Crippen molar-refractivity contribution < 1.29 is 0 Å². The number of halogens is 1. The highest BCUT2D eigenvalue weighted by molar-refractivity contribution is 6.30. The molecule has 1 atom stereocenters. The van der Waals surface area contributed by atoms with E-state index in [9.17, 15) is 0 Å². The molecule has 1 aliphatic rings. The van der Waals surface area contributed by atoms with E-state index in [2.05, 4.69) is 40.4 Å². The molecule has 1 heterocycles. The molecule has 0 saturated carbocycles. The highest BCUT2D eigenvalue weighted by Gasteiger charge is 2.21. The highest BCUT2D eigenvalue weighted by atomic mass is 35.5. The van der Waals surface area contributed by atoms with E-state index in [1.165, 1.54) is 36.1 Å². The Bertz CT molecular complexity index is 589. The fourth-order valence-corrected chi connectivity index (χ4v) is 3.27. The van der Waals surface area contributed by atoms with Gasteiger partial charge in [-0.2, -0.15) is 5.10 Å². The van der Waals surface area contributed by atoms with Crippen molar-refractivity contribution >= 4 is 11.6 Å². The van der Waals surface area contributed by atoms with Gasteiger partial charge in [0.2, 0.25) is 0 Å². The van der Waals surface area contributed by atoms with Gasteiger partial charge in [0, 0.05) is 22.3 Å². The minimum Gasteiger partial charge on any atom is -0.310 e. The maximum Gasteiger partial charge on any atom is 0.0662 e. The summed E-state index contributed by atoms with van der Waals surface area (Å²) in [6.07, 6.45) is 6.94. The predicted molar refractivity (Wildman–Crippen MR) is 86.8 cm³/mol. The summed E-state index contributed by atoms with van der Waals surface area (Å²) in [4.78, 5) is 0. The maximum atomic E-state index is 5.95. The van der Waals surface area contributed by atoms with Gasteiger partial charge < -0.3 is 5.32 Å². The van der Waals surface area contributed by atoms with Crippen molar-refractivity contribution in [3.05, 3.63) is 52.3 Å². The lowest BCUT2D eigenvalue weighted by Gasteiger charge is -2.15. The summed E-state index contributed by atoms with van der Waals surface area (Å²) in [6.45, 7) is 4.00. The van der Waals surface area contributed by atoms with Crippen LogP contribution in [0.5, 0.6) is 0 Å². The average Bonchev–Trinajstić information content (AvgIpc) is 2.76. The standard InChI is InChI=1S/C17H22ClN3/c1-2-19-16-5-3-4-6-17-15(16)11-20-21(17)12-13-7-9-14(18)10-8-13/h7-11,16,19H,2-6,12H2,1H3. The third-order valence-corrected chi connectivity index (χ3v) is 4.46. The molecular weight excluding hydrogens is 282 g/mol. The van der Waals surface area contributed by atoms with E-state index in [1.807, 2.05) is 12.1 Å². The molecule has 3 nitrogen and oxygen atoms in total. The zero-order valence-corrected chi connectivity index (χ0v) is 13.2. The lowest BCUT2D eigenvalue weighted by molar-refractivity contribution is 0.503. The summed E-state index contributed by atoms with van der Waals surface area (Å²) < 4.78 is 2.16. The van der Waals surface area contributed by atoms with E-state index < -0.39 is 0 Å². The summed E-state index contributed by atoms with van der Waals surface area (Å²) >= 11 is 5.95. The third-order valence-electron chi connectivity index (χ3n) is 4.21. The maximum absolute atomic E-state index is 5.95. The Morgan fingerprint density at radius 1 is 1.29 bits per heavy atom. The Balaban J connectivity index is 1.85. The minimum atomic E-state index is 0.464. The molecule has 112 valence electrons. The van der Waals surface area contributed by atoms with Crippen molar-refractivity contribution in [2.45, 2.75) is 45.2 Å². The molecule has 1 unspecified atom stereocenters. The van der Waals surface area contributed by atoms with E-state index in [1.54, 1.807) is 0 Å². The largest absolute Gasteiger partial charge is 0.310 e. The molecule has 4 heteroatoms. The van der Waals surface area contributed by atoms with E-state index in [4.69, 9.17) is 11.6 Å². The lowest BCUT2D eigenvalue weighted by Crippen LogP contribution is -2.20.